The zero-order chi connectivity index (χ0) is 26.9. The number of nitrogens with one attached hydrogen (secondary N) is 2. The summed E-state index contributed by atoms with van der Waals surface area (Å²) in [5.74, 6) is 0.833. The molecule has 0 radical (unpaired) electrons. The van der Waals surface area contributed by atoms with Gasteiger partial charge in [-0.3, -0.25) is 4.40 Å². The van der Waals surface area contributed by atoms with E-state index in [0.29, 0.717) is 23.4 Å². The first kappa shape index (κ1) is 30.9. The maximum atomic E-state index is 12.8. The monoisotopic (exact) mass is 510 g/mol. The van der Waals surface area contributed by atoms with Crippen LogP contribution >= 0.6 is 0 Å². The molecule has 2 aromatic heterocycles. The fraction of sp³-hybridized carbons (Fsp3) is 0.462. The summed E-state index contributed by atoms with van der Waals surface area (Å²) in [6.07, 6.45) is 7.76. The molecule has 0 saturated heterocycles. The quantitative estimate of drug-likeness (QED) is 0.156. The van der Waals surface area contributed by atoms with Crippen molar-refractivity contribution in [3.05, 3.63) is 66.7 Å². The van der Waals surface area contributed by atoms with Gasteiger partial charge < -0.3 is 16.4 Å². The first-order valence-corrected chi connectivity index (χ1v) is 12.1. The van der Waals surface area contributed by atoms with Crippen molar-refractivity contribution in [2.45, 2.75) is 70.9 Å². The fourth-order valence-corrected chi connectivity index (χ4v) is 3.59. The lowest BCUT2D eigenvalue weighted by Gasteiger charge is -2.29. The molecule has 6 nitrogen and oxygen atoms in total. The molecule has 0 amide bonds. The third-order valence-electron chi connectivity index (χ3n) is 5.37. The molecule has 2 heterocycles. The number of aromatic nitrogens is 2. The second kappa shape index (κ2) is 17.3. The first-order chi connectivity index (χ1) is 17.4. The molecule has 200 valence electrons. The average molecular weight is 511 g/mol. The number of nitrogens with two attached hydrogens (primary N) is 1. The Balaban J connectivity index is 0.000000375. The minimum Gasteiger partial charge on any atom is -0.390 e. The topological polar surface area (TPSA) is 79.7 Å². The van der Waals surface area contributed by atoms with Gasteiger partial charge in [-0.25, -0.2) is 27.5 Å². The molecule has 0 atom stereocenters. The molecule has 4 N–H and O–H groups in total. The summed E-state index contributed by atoms with van der Waals surface area (Å²) < 4.78 is 50.6. The van der Waals surface area contributed by atoms with E-state index in [-0.39, 0.29) is 12.1 Å². The second-order valence-electron chi connectivity index (χ2n) is 7.72. The van der Waals surface area contributed by atoms with Crippen molar-refractivity contribution in [2.75, 3.05) is 12.4 Å². The number of hydrogen-bond donors (Lipinski definition) is 3. The highest BCUT2D eigenvalue weighted by Gasteiger charge is 2.21. The molecule has 3 rings (SSSR count). The predicted octanol–water partition coefficient (Wildman–Crippen LogP) is 6.50. The van der Waals surface area contributed by atoms with Crippen LogP contribution in [0.2, 0.25) is 0 Å². The van der Waals surface area contributed by atoms with Crippen LogP contribution in [-0.4, -0.2) is 41.3 Å². The highest BCUT2D eigenvalue weighted by Crippen LogP contribution is 2.25. The van der Waals surface area contributed by atoms with Crippen LogP contribution in [0.25, 0.3) is 5.65 Å². The minimum absolute atomic E-state index is 0.178. The van der Waals surface area contributed by atoms with Crippen LogP contribution in [0, 0.1) is 0 Å². The lowest BCUT2D eigenvalue weighted by molar-refractivity contribution is 0.146. The van der Waals surface area contributed by atoms with E-state index in [9.17, 15) is 17.6 Å². The number of rotatable bonds is 9. The highest BCUT2D eigenvalue weighted by atomic mass is 19.3. The van der Waals surface area contributed by atoms with Gasteiger partial charge in [-0.1, -0.05) is 38.6 Å². The van der Waals surface area contributed by atoms with Gasteiger partial charge in [0, 0.05) is 24.7 Å². The van der Waals surface area contributed by atoms with Crippen LogP contribution in [0.3, 0.4) is 0 Å². The number of nitrogens with zero attached hydrogens (tertiary/aromatic N) is 3. The Hall–Kier alpha value is -3.14. The molecule has 0 unspecified atom stereocenters. The zero-order valence-electron chi connectivity index (χ0n) is 21.2. The molecular formula is C26H38F4N6. The molecular weight excluding hydrogens is 472 g/mol. The summed E-state index contributed by atoms with van der Waals surface area (Å²) in [7, 11) is 2.00. The third-order valence-corrected chi connectivity index (χ3v) is 5.37. The molecule has 36 heavy (non-hydrogen) atoms. The number of anilines is 1. The lowest BCUT2D eigenvalue weighted by Crippen LogP contribution is -2.35. The van der Waals surface area contributed by atoms with Crippen molar-refractivity contribution in [2.24, 2.45) is 10.7 Å². The Bertz CT molecular complexity index is 976. The number of fused-ring (bicyclic) bond motifs is 1. The van der Waals surface area contributed by atoms with Crippen molar-refractivity contribution in [3.8, 4) is 0 Å². The molecule has 1 fully saturated rings. The number of alkyl halides is 4. The summed E-state index contributed by atoms with van der Waals surface area (Å²) in [6.45, 7) is 7.47. The van der Waals surface area contributed by atoms with Gasteiger partial charge in [0.15, 0.2) is 0 Å². The van der Waals surface area contributed by atoms with Crippen LogP contribution in [-0.2, 0) is 0 Å². The molecule has 0 bridgehead atoms. The summed E-state index contributed by atoms with van der Waals surface area (Å²) in [6, 6.07) is 6.48. The van der Waals surface area contributed by atoms with Crippen molar-refractivity contribution in [1.82, 2.24) is 14.7 Å². The largest absolute Gasteiger partial charge is 0.390 e. The summed E-state index contributed by atoms with van der Waals surface area (Å²) in [5, 5.41) is 6.78. The summed E-state index contributed by atoms with van der Waals surface area (Å²) >= 11 is 0. The number of aliphatic imine (C=N–C) groups is 1. The Morgan fingerprint density at radius 3 is 2.42 bits per heavy atom. The van der Waals surface area contributed by atoms with Crippen molar-refractivity contribution in [1.29, 1.82) is 0 Å². The number of pyridine rings is 1. The van der Waals surface area contributed by atoms with Gasteiger partial charge >= 0.3 is 0 Å². The van der Waals surface area contributed by atoms with Crippen LogP contribution in [0.5, 0.6) is 0 Å². The standard InChI is InChI=1S/C15H20F2N4.C9H12F2N2.C2H6/c1-18-10-5-7-11(8-6-10)19-13-3-2-4-14-20-12(15(16)17)9-21(13)14;1-2-8(13-7-12)5-3-4-6-9(10)11;1-2/h2-4,9-11,15,18-19H,5-8H2,1H3;2-5,7,9H,1,6H2,(H2,12,13);1-2H3/b;4-3-,8-5-;. The first-order valence-electron chi connectivity index (χ1n) is 12.1. The normalized spacial score (nSPS) is 18.3. The van der Waals surface area contributed by atoms with Gasteiger partial charge in [0.2, 0.25) is 6.43 Å². The van der Waals surface area contributed by atoms with Crippen LogP contribution < -0.4 is 16.4 Å². The van der Waals surface area contributed by atoms with Crippen molar-refractivity contribution >= 4 is 17.8 Å². The Kier molecular flexibility index (Phi) is 14.9. The minimum atomic E-state index is -2.54. The van der Waals surface area contributed by atoms with Gasteiger partial charge in [-0.15, -0.1) is 0 Å². The van der Waals surface area contributed by atoms with Gasteiger partial charge in [-0.05, 0) is 57.0 Å². The molecule has 1 saturated carbocycles. The number of halogens is 4. The fourth-order valence-electron chi connectivity index (χ4n) is 3.59. The van der Waals surface area contributed by atoms with E-state index in [1.165, 1.54) is 24.4 Å². The molecule has 1 aliphatic carbocycles. The molecule has 10 heteroatoms. The van der Waals surface area contributed by atoms with E-state index in [1.807, 2.05) is 33.0 Å². The van der Waals surface area contributed by atoms with Crippen molar-refractivity contribution < 1.29 is 17.6 Å². The van der Waals surface area contributed by atoms with E-state index in [4.69, 9.17) is 5.73 Å². The number of hydrogen-bond acceptors (Lipinski definition) is 4. The van der Waals surface area contributed by atoms with Gasteiger partial charge in [0.25, 0.3) is 6.43 Å². The van der Waals surface area contributed by atoms with E-state index >= 15 is 0 Å². The average Bonchev–Trinajstić information content (AvgIpc) is 3.34. The lowest BCUT2D eigenvalue weighted by atomic mass is 9.91. The van der Waals surface area contributed by atoms with Gasteiger partial charge in [-0.2, -0.15) is 0 Å². The van der Waals surface area contributed by atoms with E-state index < -0.39 is 12.9 Å². The molecule has 0 spiro atoms. The summed E-state index contributed by atoms with van der Waals surface area (Å²) in [5.41, 5.74) is 5.95. The van der Waals surface area contributed by atoms with E-state index in [1.54, 1.807) is 16.5 Å². The number of allylic oxidation sites excluding steroid dienone is 4. The SMILES string of the molecule is C=C/C(=C/C=C\CC(F)F)N=CN.CC.CNC1CCC(Nc2cccc3nc(C(F)F)cn23)CC1. The molecule has 0 aliphatic heterocycles. The molecule has 1 aliphatic rings. The zero-order valence-corrected chi connectivity index (χ0v) is 21.2. The Morgan fingerprint density at radius 1 is 1.19 bits per heavy atom. The van der Waals surface area contributed by atoms with Crippen molar-refractivity contribution in [3.63, 3.8) is 0 Å². The smallest absolute Gasteiger partial charge is 0.281 e. The van der Waals surface area contributed by atoms with E-state index in [2.05, 4.69) is 27.2 Å². The second-order valence-corrected chi connectivity index (χ2v) is 7.72. The summed E-state index contributed by atoms with van der Waals surface area (Å²) in [4.78, 5) is 7.67. The Morgan fingerprint density at radius 2 is 1.86 bits per heavy atom. The van der Waals surface area contributed by atoms with Crippen LogP contribution in [0.15, 0.2) is 66.0 Å². The number of imidazole rings is 1. The van der Waals surface area contributed by atoms with E-state index in [0.717, 1.165) is 37.8 Å². The van der Waals surface area contributed by atoms with Gasteiger partial charge in [0.1, 0.15) is 17.2 Å². The Labute approximate surface area is 211 Å². The third kappa shape index (κ3) is 10.6. The predicted molar refractivity (Wildman–Crippen MR) is 141 cm³/mol. The van der Waals surface area contributed by atoms with Crippen LogP contribution in [0.1, 0.15) is 58.1 Å². The highest BCUT2D eigenvalue weighted by molar-refractivity contribution is 5.54. The van der Waals surface area contributed by atoms with Crippen LogP contribution in [0.4, 0.5) is 23.4 Å². The van der Waals surface area contributed by atoms with Gasteiger partial charge in [0.05, 0.1) is 12.0 Å². The maximum Gasteiger partial charge on any atom is 0.281 e. The molecule has 2 aromatic rings. The maximum absolute atomic E-state index is 12.8. The molecule has 0 aromatic carbocycles.